The molecule has 130 valence electrons. The topological polar surface area (TPSA) is 69.6 Å². The lowest BCUT2D eigenvalue weighted by Gasteiger charge is -2.27. The van der Waals surface area contributed by atoms with Crippen molar-refractivity contribution in [3.05, 3.63) is 71.8 Å². The maximum Gasteiger partial charge on any atom is 0.325 e. The number of amides is 3. The molecule has 2 N–H and O–H groups in total. The molecule has 5 heteroatoms. The van der Waals surface area contributed by atoms with Crippen LogP contribution >= 0.6 is 0 Å². The van der Waals surface area contributed by atoms with Crippen LogP contribution in [-0.2, 0) is 10.3 Å². The molecule has 0 spiro atoms. The lowest BCUT2D eigenvalue weighted by molar-refractivity contribution is -0.133. The summed E-state index contributed by atoms with van der Waals surface area (Å²) in [5.41, 5.74) is 0.395. The number of aliphatic hydroxyl groups is 1. The van der Waals surface area contributed by atoms with E-state index in [9.17, 15) is 14.7 Å². The fourth-order valence-electron chi connectivity index (χ4n) is 3.35. The second-order valence-corrected chi connectivity index (χ2v) is 6.29. The lowest BCUT2D eigenvalue weighted by atomic mass is 9.85. The van der Waals surface area contributed by atoms with Gasteiger partial charge in [0, 0.05) is 0 Å². The van der Waals surface area contributed by atoms with Crippen molar-refractivity contribution in [2.45, 2.75) is 31.4 Å². The summed E-state index contributed by atoms with van der Waals surface area (Å²) in [5.74, 6) is -0.305. The number of aliphatic hydroxyl groups excluding tert-OH is 1. The Kier molecular flexibility index (Phi) is 4.86. The first-order chi connectivity index (χ1) is 12.1. The Labute approximate surface area is 147 Å². The van der Waals surface area contributed by atoms with Gasteiger partial charge in [0.25, 0.3) is 5.91 Å². The van der Waals surface area contributed by atoms with Crippen molar-refractivity contribution in [3.63, 3.8) is 0 Å². The molecule has 3 rings (SSSR count). The highest BCUT2D eigenvalue weighted by Crippen LogP contribution is 2.34. The van der Waals surface area contributed by atoms with Crippen molar-refractivity contribution >= 4 is 11.9 Å². The number of hydrogen-bond acceptors (Lipinski definition) is 3. The zero-order chi connectivity index (χ0) is 17.9. The third kappa shape index (κ3) is 3.15. The van der Waals surface area contributed by atoms with Crippen LogP contribution in [0.1, 0.15) is 37.0 Å². The number of imide groups is 1. The molecule has 0 aliphatic carbocycles. The molecule has 1 aliphatic rings. The fraction of sp³-hybridized carbons (Fsp3) is 0.300. The van der Waals surface area contributed by atoms with Gasteiger partial charge >= 0.3 is 6.03 Å². The second-order valence-electron chi connectivity index (χ2n) is 6.29. The highest BCUT2D eigenvalue weighted by atomic mass is 16.3. The van der Waals surface area contributed by atoms with Gasteiger partial charge in [-0.15, -0.1) is 0 Å². The summed E-state index contributed by atoms with van der Waals surface area (Å²) in [6.45, 7) is 1.92. The Morgan fingerprint density at radius 3 is 2.24 bits per heavy atom. The number of carbonyl (C=O) groups is 2. The van der Waals surface area contributed by atoms with Gasteiger partial charge in [0.05, 0.1) is 12.6 Å². The van der Waals surface area contributed by atoms with Gasteiger partial charge < -0.3 is 10.4 Å². The van der Waals surface area contributed by atoms with Gasteiger partial charge in [-0.05, 0) is 17.5 Å². The van der Waals surface area contributed by atoms with Crippen LogP contribution in [0.3, 0.4) is 0 Å². The van der Waals surface area contributed by atoms with Gasteiger partial charge in [-0.3, -0.25) is 9.69 Å². The summed E-state index contributed by atoms with van der Waals surface area (Å²) >= 11 is 0. The molecule has 1 fully saturated rings. The van der Waals surface area contributed by atoms with Gasteiger partial charge in [0.2, 0.25) is 0 Å². The zero-order valence-electron chi connectivity index (χ0n) is 14.2. The van der Waals surface area contributed by atoms with Gasteiger partial charge in [0.1, 0.15) is 5.54 Å². The molecule has 25 heavy (non-hydrogen) atoms. The fourth-order valence-corrected chi connectivity index (χ4v) is 3.35. The van der Waals surface area contributed by atoms with Gasteiger partial charge in [-0.2, -0.15) is 0 Å². The summed E-state index contributed by atoms with van der Waals surface area (Å²) in [6.07, 6.45) is 0.347. The first kappa shape index (κ1) is 17.2. The van der Waals surface area contributed by atoms with Crippen molar-refractivity contribution in [2.24, 2.45) is 0 Å². The van der Waals surface area contributed by atoms with Crippen LogP contribution in [0, 0.1) is 0 Å². The molecule has 1 heterocycles. The maximum atomic E-state index is 13.1. The Bertz CT molecular complexity index is 748. The van der Waals surface area contributed by atoms with Gasteiger partial charge in [0.15, 0.2) is 0 Å². The van der Waals surface area contributed by atoms with Crippen LogP contribution < -0.4 is 5.32 Å². The molecule has 0 bridgehead atoms. The molecule has 2 aromatic rings. The van der Waals surface area contributed by atoms with E-state index in [1.807, 2.05) is 55.5 Å². The highest BCUT2D eigenvalue weighted by molar-refractivity contribution is 6.07. The molecule has 1 aliphatic heterocycles. The molecule has 1 saturated heterocycles. The number of hydrogen-bond donors (Lipinski definition) is 2. The quantitative estimate of drug-likeness (QED) is 0.796. The van der Waals surface area contributed by atoms with Crippen molar-refractivity contribution in [2.75, 3.05) is 6.54 Å². The third-order valence-corrected chi connectivity index (χ3v) is 4.61. The van der Waals surface area contributed by atoms with Crippen LogP contribution in [0.25, 0.3) is 0 Å². The van der Waals surface area contributed by atoms with E-state index in [0.717, 1.165) is 16.9 Å². The van der Waals surface area contributed by atoms with E-state index in [1.165, 1.54) is 0 Å². The Morgan fingerprint density at radius 1 is 1.04 bits per heavy atom. The molecule has 0 radical (unpaired) electrons. The summed E-state index contributed by atoms with van der Waals surface area (Å²) in [5, 5.41) is 13.3. The molecule has 2 unspecified atom stereocenters. The Balaban J connectivity index is 1.88. The van der Waals surface area contributed by atoms with E-state index in [-0.39, 0.29) is 12.5 Å². The normalized spacial score (nSPS) is 21.3. The number of rotatable bonds is 6. The molecular formula is C20H22N2O3. The van der Waals surface area contributed by atoms with Crippen LogP contribution in [0.2, 0.25) is 0 Å². The van der Waals surface area contributed by atoms with Crippen molar-refractivity contribution in [1.82, 2.24) is 10.2 Å². The van der Waals surface area contributed by atoms with Crippen LogP contribution in [0.4, 0.5) is 4.79 Å². The highest BCUT2D eigenvalue weighted by Gasteiger charge is 2.51. The van der Waals surface area contributed by atoms with Crippen LogP contribution in [0.15, 0.2) is 60.7 Å². The van der Waals surface area contributed by atoms with E-state index in [4.69, 9.17) is 0 Å². The van der Waals surface area contributed by atoms with Crippen molar-refractivity contribution in [3.8, 4) is 0 Å². The number of urea groups is 1. The Hall–Kier alpha value is -2.66. The largest absolute Gasteiger partial charge is 0.387 e. The second kappa shape index (κ2) is 7.07. The lowest BCUT2D eigenvalue weighted by Crippen LogP contribution is -2.44. The monoisotopic (exact) mass is 338 g/mol. The summed E-state index contributed by atoms with van der Waals surface area (Å²) in [7, 11) is 0. The number of benzene rings is 2. The number of carbonyl (C=O) groups excluding carboxylic acids is 2. The number of β-amino-alcohol motifs (C(OH)–C–C–N with tert-alkyl or cyclic N) is 1. The number of nitrogens with zero attached hydrogens (tertiary/aromatic N) is 1. The van der Waals surface area contributed by atoms with Crippen molar-refractivity contribution < 1.29 is 14.7 Å². The minimum atomic E-state index is -1.05. The maximum absolute atomic E-state index is 13.1. The molecular weight excluding hydrogens is 316 g/mol. The standard InChI is InChI=1S/C20H22N2O3/c1-2-13-20(16-11-7-4-8-12-16)18(24)22(19(25)21-20)14-17(23)15-9-5-3-6-10-15/h3-12,17,23H,2,13-14H2,1H3,(H,21,25). The Morgan fingerprint density at radius 2 is 1.64 bits per heavy atom. The predicted molar refractivity (Wildman–Crippen MR) is 94.7 cm³/mol. The minimum absolute atomic E-state index is 0.0625. The summed E-state index contributed by atoms with van der Waals surface area (Å²) in [6, 6.07) is 17.9. The van der Waals surface area contributed by atoms with E-state index in [1.54, 1.807) is 12.1 Å². The van der Waals surface area contributed by atoms with E-state index >= 15 is 0 Å². The molecule has 2 atom stereocenters. The average molecular weight is 338 g/mol. The molecule has 3 amide bonds. The van der Waals surface area contributed by atoms with Crippen LogP contribution in [0.5, 0.6) is 0 Å². The van der Waals surface area contributed by atoms with Crippen molar-refractivity contribution in [1.29, 1.82) is 0 Å². The first-order valence-electron chi connectivity index (χ1n) is 8.51. The smallest absolute Gasteiger partial charge is 0.325 e. The summed E-state index contributed by atoms with van der Waals surface area (Å²) < 4.78 is 0. The predicted octanol–water partition coefficient (Wildman–Crippen LogP) is 2.97. The van der Waals surface area contributed by atoms with E-state index in [0.29, 0.717) is 12.0 Å². The molecule has 5 nitrogen and oxygen atoms in total. The minimum Gasteiger partial charge on any atom is -0.387 e. The van der Waals surface area contributed by atoms with Gasteiger partial charge in [-0.25, -0.2) is 4.79 Å². The van der Waals surface area contributed by atoms with Crippen LogP contribution in [-0.4, -0.2) is 28.5 Å². The average Bonchev–Trinajstić information content (AvgIpc) is 2.88. The first-order valence-corrected chi connectivity index (χ1v) is 8.51. The van der Waals surface area contributed by atoms with E-state index in [2.05, 4.69) is 5.32 Å². The van der Waals surface area contributed by atoms with Gasteiger partial charge in [-0.1, -0.05) is 74.0 Å². The molecule has 2 aromatic carbocycles. The summed E-state index contributed by atoms with van der Waals surface area (Å²) in [4.78, 5) is 26.8. The zero-order valence-corrected chi connectivity index (χ0v) is 14.2. The molecule has 0 aromatic heterocycles. The third-order valence-electron chi connectivity index (χ3n) is 4.61. The molecule has 0 saturated carbocycles. The van der Waals surface area contributed by atoms with E-state index < -0.39 is 17.7 Å². The SMILES string of the molecule is CCCC1(c2ccccc2)NC(=O)N(CC(O)c2ccccc2)C1=O. The number of nitrogens with one attached hydrogen (secondary N) is 1.